The summed E-state index contributed by atoms with van der Waals surface area (Å²) in [5, 5.41) is 11.4. The lowest BCUT2D eigenvalue weighted by molar-refractivity contribution is 0.182. The summed E-state index contributed by atoms with van der Waals surface area (Å²) in [7, 11) is 2.15. The van der Waals surface area contributed by atoms with Crippen LogP contribution in [0.2, 0.25) is 0 Å². The predicted molar refractivity (Wildman–Crippen MR) is 101 cm³/mol. The molecule has 2 heterocycles. The van der Waals surface area contributed by atoms with Gasteiger partial charge in [0.25, 0.3) is 0 Å². The number of fused-ring (bicyclic) bond motifs is 3. The van der Waals surface area contributed by atoms with Gasteiger partial charge in [0.05, 0.1) is 6.61 Å². The van der Waals surface area contributed by atoms with Crippen LogP contribution in [0.15, 0.2) is 24.3 Å². The molecule has 0 saturated heterocycles. The van der Waals surface area contributed by atoms with Crippen LogP contribution in [0, 0.1) is 0 Å². The molecule has 3 rings (SSSR count). The van der Waals surface area contributed by atoms with E-state index < -0.39 is 0 Å². The van der Waals surface area contributed by atoms with E-state index in [1.807, 2.05) is 0 Å². The van der Waals surface area contributed by atoms with Crippen molar-refractivity contribution in [3.63, 3.8) is 0 Å². The Bertz CT molecular complexity index is 675. The Hall–Kier alpha value is -1.36. The Morgan fingerprint density at radius 3 is 2.67 bits per heavy atom. The fraction of sp³-hybridized carbons (Fsp3) is 0.600. The van der Waals surface area contributed by atoms with Gasteiger partial charge in [-0.2, -0.15) is 0 Å². The lowest BCUT2D eigenvalue weighted by atomic mass is 10.0. The molecule has 1 aliphatic rings. The molecule has 1 unspecified atom stereocenters. The van der Waals surface area contributed by atoms with E-state index in [9.17, 15) is 5.11 Å². The monoisotopic (exact) mass is 329 g/mol. The summed E-state index contributed by atoms with van der Waals surface area (Å²) >= 11 is 0. The van der Waals surface area contributed by atoms with Crippen molar-refractivity contribution in [2.75, 3.05) is 45.9 Å². The number of aliphatic hydroxyl groups is 1. The molecule has 0 spiro atoms. The number of nitrogens with zero attached hydrogens (tertiary/aromatic N) is 3. The molecule has 4 heteroatoms. The SMILES string of the molecule is CCN(CC)CCN1CCc2c(n(C)c3ccccc23)C(CO)C1. The third-order valence-electron chi connectivity index (χ3n) is 5.65. The lowest BCUT2D eigenvalue weighted by Gasteiger charge is -2.27. The number of aromatic nitrogens is 1. The van der Waals surface area contributed by atoms with Gasteiger partial charge < -0.3 is 19.5 Å². The summed E-state index contributed by atoms with van der Waals surface area (Å²) in [5.41, 5.74) is 4.07. The van der Waals surface area contributed by atoms with Crippen LogP contribution in [0.25, 0.3) is 10.9 Å². The van der Waals surface area contributed by atoms with E-state index in [1.54, 1.807) is 0 Å². The number of aryl methyl sites for hydroxylation is 1. The molecule has 24 heavy (non-hydrogen) atoms. The topological polar surface area (TPSA) is 31.6 Å². The zero-order chi connectivity index (χ0) is 17.1. The summed E-state index contributed by atoms with van der Waals surface area (Å²) in [6.45, 7) is 11.1. The Morgan fingerprint density at radius 1 is 1.21 bits per heavy atom. The second-order valence-corrected chi connectivity index (χ2v) is 6.90. The number of likely N-dealkylation sites (N-methyl/N-ethyl adjacent to an activating group) is 1. The van der Waals surface area contributed by atoms with Gasteiger partial charge in [0, 0.05) is 55.7 Å². The molecule has 1 aromatic carbocycles. The molecule has 1 N–H and O–H groups in total. The third kappa shape index (κ3) is 3.23. The van der Waals surface area contributed by atoms with Crippen LogP contribution in [0.4, 0.5) is 0 Å². The van der Waals surface area contributed by atoms with Crippen molar-refractivity contribution >= 4 is 10.9 Å². The predicted octanol–water partition coefficient (Wildman–Crippen LogP) is 2.45. The van der Waals surface area contributed by atoms with Crippen LogP contribution >= 0.6 is 0 Å². The number of hydrogen-bond donors (Lipinski definition) is 1. The standard InChI is InChI=1S/C20H31N3O/c1-4-22(5-2)12-13-23-11-10-18-17-8-6-7-9-19(17)21(3)20(18)16(14-23)15-24/h6-9,16,24H,4-5,10-15H2,1-3H3. The van der Waals surface area contributed by atoms with E-state index >= 15 is 0 Å². The minimum Gasteiger partial charge on any atom is -0.396 e. The molecule has 1 aromatic heterocycles. The Labute approximate surface area is 145 Å². The number of aliphatic hydroxyl groups excluding tert-OH is 1. The van der Waals surface area contributed by atoms with E-state index in [1.165, 1.54) is 22.2 Å². The highest BCUT2D eigenvalue weighted by atomic mass is 16.3. The van der Waals surface area contributed by atoms with Crippen molar-refractivity contribution < 1.29 is 5.11 Å². The first kappa shape index (κ1) is 17.5. The molecule has 0 fully saturated rings. The first-order chi connectivity index (χ1) is 11.7. The largest absolute Gasteiger partial charge is 0.396 e. The van der Waals surface area contributed by atoms with Gasteiger partial charge in [0.15, 0.2) is 0 Å². The summed E-state index contributed by atoms with van der Waals surface area (Å²) in [4.78, 5) is 5.01. The molecule has 1 aliphatic heterocycles. The molecular formula is C20H31N3O. The first-order valence-electron chi connectivity index (χ1n) is 9.31. The Kier molecular flexibility index (Phi) is 5.59. The summed E-state index contributed by atoms with van der Waals surface area (Å²) in [6, 6.07) is 8.65. The maximum absolute atomic E-state index is 10.0. The van der Waals surface area contributed by atoms with Crippen molar-refractivity contribution in [2.24, 2.45) is 7.05 Å². The summed E-state index contributed by atoms with van der Waals surface area (Å²) in [6.07, 6.45) is 1.07. The van der Waals surface area contributed by atoms with Gasteiger partial charge in [-0.3, -0.25) is 0 Å². The molecule has 132 valence electrons. The van der Waals surface area contributed by atoms with Gasteiger partial charge in [0.2, 0.25) is 0 Å². The zero-order valence-electron chi connectivity index (χ0n) is 15.3. The van der Waals surface area contributed by atoms with Crippen LogP contribution in [0.1, 0.15) is 31.0 Å². The van der Waals surface area contributed by atoms with E-state index in [4.69, 9.17) is 0 Å². The van der Waals surface area contributed by atoms with Gasteiger partial charge in [-0.15, -0.1) is 0 Å². The van der Waals surface area contributed by atoms with E-state index in [2.05, 4.69) is 59.5 Å². The van der Waals surface area contributed by atoms with Gasteiger partial charge in [0.1, 0.15) is 0 Å². The number of benzene rings is 1. The van der Waals surface area contributed by atoms with Crippen molar-refractivity contribution in [2.45, 2.75) is 26.2 Å². The van der Waals surface area contributed by atoms with E-state index in [0.29, 0.717) is 0 Å². The fourth-order valence-corrected chi connectivity index (χ4v) is 4.20. The molecule has 1 atom stereocenters. The molecule has 4 nitrogen and oxygen atoms in total. The lowest BCUT2D eigenvalue weighted by Crippen LogP contribution is -2.37. The second-order valence-electron chi connectivity index (χ2n) is 6.90. The summed E-state index contributed by atoms with van der Waals surface area (Å²) in [5.74, 6) is 0.205. The van der Waals surface area contributed by atoms with Crippen LogP contribution in [0.3, 0.4) is 0 Å². The fourth-order valence-electron chi connectivity index (χ4n) is 4.20. The van der Waals surface area contributed by atoms with Crippen LogP contribution in [0.5, 0.6) is 0 Å². The highest BCUT2D eigenvalue weighted by Crippen LogP contribution is 2.33. The van der Waals surface area contributed by atoms with Crippen LogP contribution in [-0.2, 0) is 13.5 Å². The number of para-hydroxylation sites is 1. The number of rotatable bonds is 6. The molecule has 0 saturated carbocycles. The minimum atomic E-state index is 0.205. The molecule has 0 amide bonds. The number of hydrogen-bond acceptors (Lipinski definition) is 3. The average Bonchev–Trinajstić information content (AvgIpc) is 2.78. The minimum absolute atomic E-state index is 0.205. The highest BCUT2D eigenvalue weighted by Gasteiger charge is 2.27. The molecule has 0 radical (unpaired) electrons. The average molecular weight is 329 g/mol. The van der Waals surface area contributed by atoms with E-state index in [-0.39, 0.29) is 12.5 Å². The first-order valence-corrected chi connectivity index (χ1v) is 9.31. The molecule has 0 bridgehead atoms. The highest BCUT2D eigenvalue weighted by molar-refractivity contribution is 5.86. The molecule has 2 aromatic rings. The normalized spacial score (nSPS) is 19.0. The molecular weight excluding hydrogens is 298 g/mol. The van der Waals surface area contributed by atoms with E-state index in [0.717, 1.165) is 45.7 Å². The van der Waals surface area contributed by atoms with Crippen molar-refractivity contribution in [1.29, 1.82) is 0 Å². The van der Waals surface area contributed by atoms with Crippen molar-refractivity contribution in [1.82, 2.24) is 14.4 Å². The maximum atomic E-state index is 10.0. The van der Waals surface area contributed by atoms with Gasteiger partial charge in [-0.25, -0.2) is 0 Å². The van der Waals surface area contributed by atoms with Crippen LogP contribution in [-0.4, -0.2) is 65.3 Å². The zero-order valence-corrected chi connectivity index (χ0v) is 15.3. The molecule has 0 aliphatic carbocycles. The van der Waals surface area contributed by atoms with Gasteiger partial charge in [-0.1, -0.05) is 32.0 Å². The van der Waals surface area contributed by atoms with Gasteiger partial charge in [-0.05, 0) is 31.1 Å². The Morgan fingerprint density at radius 2 is 1.96 bits per heavy atom. The smallest absolute Gasteiger partial charge is 0.0526 e. The van der Waals surface area contributed by atoms with Crippen molar-refractivity contribution in [3.05, 3.63) is 35.5 Å². The van der Waals surface area contributed by atoms with Gasteiger partial charge >= 0.3 is 0 Å². The third-order valence-corrected chi connectivity index (χ3v) is 5.65. The Balaban J connectivity index is 1.84. The maximum Gasteiger partial charge on any atom is 0.0526 e. The second kappa shape index (κ2) is 7.68. The quantitative estimate of drug-likeness (QED) is 0.883. The van der Waals surface area contributed by atoms with Crippen molar-refractivity contribution in [3.8, 4) is 0 Å². The van der Waals surface area contributed by atoms with Crippen LogP contribution < -0.4 is 0 Å². The summed E-state index contributed by atoms with van der Waals surface area (Å²) < 4.78 is 2.31.